The van der Waals surface area contributed by atoms with Gasteiger partial charge in [0.1, 0.15) is 5.03 Å². The molecule has 1 N–H and O–H groups in total. The van der Waals surface area contributed by atoms with Crippen molar-refractivity contribution in [3.05, 3.63) is 101 Å². The molecule has 5 aromatic rings. The highest BCUT2D eigenvalue weighted by Gasteiger charge is 2.30. The SMILES string of the molecule is Cc1nc2nc(-c3ccccc3)nn2c(Sc2ccccc2NC(=O)c2ccc(C(F)(F)F)cc2)c1C. The van der Waals surface area contributed by atoms with Crippen LogP contribution >= 0.6 is 11.8 Å². The molecule has 0 aliphatic heterocycles. The van der Waals surface area contributed by atoms with Gasteiger partial charge >= 0.3 is 6.18 Å². The third-order valence-electron chi connectivity index (χ3n) is 5.76. The number of hydrogen-bond donors (Lipinski definition) is 1. The summed E-state index contributed by atoms with van der Waals surface area (Å²) in [6.45, 7) is 3.84. The number of carbonyl (C=O) groups is 1. The lowest BCUT2D eigenvalue weighted by molar-refractivity contribution is -0.137. The highest BCUT2D eigenvalue weighted by atomic mass is 32.2. The van der Waals surface area contributed by atoms with Crippen molar-refractivity contribution in [2.24, 2.45) is 0 Å². The summed E-state index contributed by atoms with van der Waals surface area (Å²) < 4.78 is 40.3. The van der Waals surface area contributed by atoms with Crippen molar-refractivity contribution >= 4 is 29.1 Å². The van der Waals surface area contributed by atoms with Crippen LogP contribution in [0.5, 0.6) is 0 Å². The van der Waals surface area contributed by atoms with Crippen LogP contribution in [0, 0.1) is 13.8 Å². The highest BCUT2D eigenvalue weighted by molar-refractivity contribution is 7.99. The number of para-hydroxylation sites is 1. The Morgan fingerprint density at radius 2 is 1.57 bits per heavy atom. The maximum absolute atomic E-state index is 12.9. The molecule has 5 rings (SSSR count). The number of alkyl halides is 3. The van der Waals surface area contributed by atoms with E-state index >= 15 is 0 Å². The van der Waals surface area contributed by atoms with Gasteiger partial charge in [-0.05, 0) is 50.2 Å². The normalized spacial score (nSPS) is 11.6. The van der Waals surface area contributed by atoms with Crippen molar-refractivity contribution in [2.45, 2.75) is 29.9 Å². The van der Waals surface area contributed by atoms with Gasteiger partial charge in [0.15, 0.2) is 5.82 Å². The molecule has 1 amide bonds. The fourth-order valence-electron chi connectivity index (χ4n) is 3.66. The van der Waals surface area contributed by atoms with E-state index in [1.807, 2.05) is 56.3 Å². The van der Waals surface area contributed by atoms with Gasteiger partial charge in [-0.1, -0.05) is 54.2 Å². The van der Waals surface area contributed by atoms with E-state index < -0.39 is 17.6 Å². The molecule has 2 aromatic heterocycles. The van der Waals surface area contributed by atoms with E-state index in [2.05, 4.69) is 15.3 Å². The summed E-state index contributed by atoms with van der Waals surface area (Å²) >= 11 is 1.39. The maximum atomic E-state index is 12.9. The second kappa shape index (κ2) is 9.70. The lowest BCUT2D eigenvalue weighted by Crippen LogP contribution is -2.13. The van der Waals surface area contributed by atoms with Crippen LogP contribution in [0.2, 0.25) is 0 Å². The maximum Gasteiger partial charge on any atom is 0.416 e. The second-order valence-electron chi connectivity index (χ2n) is 8.27. The molecule has 0 fully saturated rings. The van der Waals surface area contributed by atoms with Gasteiger partial charge in [-0.25, -0.2) is 4.98 Å². The van der Waals surface area contributed by atoms with E-state index in [-0.39, 0.29) is 5.56 Å². The molecule has 0 saturated heterocycles. The number of carbonyl (C=O) groups excluding carboxylic acids is 1. The number of anilines is 1. The van der Waals surface area contributed by atoms with Crippen LogP contribution in [0.15, 0.2) is 88.8 Å². The fraction of sp³-hybridized carbons (Fsp3) is 0.111. The van der Waals surface area contributed by atoms with Gasteiger partial charge in [0.25, 0.3) is 11.7 Å². The molecular formula is C27H20F3N5OS. The van der Waals surface area contributed by atoms with Gasteiger partial charge in [0.2, 0.25) is 0 Å². The van der Waals surface area contributed by atoms with Crippen molar-refractivity contribution in [3.8, 4) is 11.4 Å². The molecule has 0 atom stereocenters. The molecule has 186 valence electrons. The largest absolute Gasteiger partial charge is 0.416 e. The highest BCUT2D eigenvalue weighted by Crippen LogP contribution is 2.36. The zero-order chi connectivity index (χ0) is 26.2. The van der Waals surface area contributed by atoms with E-state index in [4.69, 9.17) is 5.10 Å². The Bertz CT molecular complexity index is 1600. The number of benzene rings is 3. The van der Waals surface area contributed by atoms with Gasteiger partial charge in [-0.2, -0.15) is 22.7 Å². The topological polar surface area (TPSA) is 72.2 Å². The first-order valence-corrected chi connectivity index (χ1v) is 12.1. The summed E-state index contributed by atoms with van der Waals surface area (Å²) in [5.74, 6) is 0.487. The van der Waals surface area contributed by atoms with E-state index in [9.17, 15) is 18.0 Å². The molecule has 10 heteroatoms. The Morgan fingerprint density at radius 3 is 2.27 bits per heavy atom. The number of halogens is 3. The minimum Gasteiger partial charge on any atom is -0.321 e. The summed E-state index contributed by atoms with van der Waals surface area (Å²) in [6, 6.07) is 20.9. The summed E-state index contributed by atoms with van der Waals surface area (Å²) in [5, 5.41) is 8.29. The summed E-state index contributed by atoms with van der Waals surface area (Å²) in [5.41, 5.74) is 2.40. The third kappa shape index (κ3) is 5.05. The second-order valence-corrected chi connectivity index (χ2v) is 9.30. The molecule has 0 spiro atoms. The minimum atomic E-state index is -4.47. The third-order valence-corrected chi connectivity index (χ3v) is 7.01. The molecule has 37 heavy (non-hydrogen) atoms. The van der Waals surface area contributed by atoms with Crippen molar-refractivity contribution < 1.29 is 18.0 Å². The molecule has 0 unspecified atom stereocenters. The van der Waals surface area contributed by atoms with Gasteiger partial charge in [0, 0.05) is 27.3 Å². The van der Waals surface area contributed by atoms with Crippen LogP contribution in [-0.2, 0) is 6.18 Å². The Morgan fingerprint density at radius 1 is 0.892 bits per heavy atom. The number of fused-ring (bicyclic) bond motifs is 1. The molecule has 0 radical (unpaired) electrons. The predicted octanol–water partition coefficient (Wildman–Crippen LogP) is 6.83. The zero-order valence-corrected chi connectivity index (χ0v) is 20.6. The van der Waals surface area contributed by atoms with Crippen molar-refractivity contribution in [3.63, 3.8) is 0 Å². The number of rotatable bonds is 5. The van der Waals surface area contributed by atoms with Crippen molar-refractivity contribution in [2.75, 3.05) is 5.32 Å². The first-order chi connectivity index (χ1) is 17.7. The van der Waals surface area contributed by atoms with Gasteiger partial charge < -0.3 is 5.32 Å². The molecule has 0 bridgehead atoms. The lowest BCUT2D eigenvalue weighted by Gasteiger charge is -2.14. The van der Waals surface area contributed by atoms with Gasteiger partial charge in [-0.3, -0.25) is 4.79 Å². The molecule has 0 aliphatic rings. The van der Waals surface area contributed by atoms with Crippen LogP contribution < -0.4 is 5.32 Å². The van der Waals surface area contributed by atoms with E-state index in [0.29, 0.717) is 17.3 Å². The molecule has 6 nitrogen and oxygen atoms in total. The fourth-order valence-corrected chi connectivity index (χ4v) is 4.75. The van der Waals surface area contributed by atoms with Crippen molar-refractivity contribution in [1.29, 1.82) is 0 Å². The van der Waals surface area contributed by atoms with Crippen molar-refractivity contribution in [1.82, 2.24) is 19.6 Å². The van der Waals surface area contributed by atoms with Crippen LogP contribution in [0.25, 0.3) is 17.2 Å². The van der Waals surface area contributed by atoms with E-state index in [0.717, 1.165) is 51.0 Å². The summed E-state index contributed by atoms with van der Waals surface area (Å²) in [4.78, 5) is 22.7. The van der Waals surface area contributed by atoms with Crippen LogP contribution in [0.3, 0.4) is 0 Å². The average Bonchev–Trinajstić information content (AvgIpc) is 3.31. The lowest BCUT2D eigenvalue weighted by atomic mass is 10.1. The molecular weight excluding hydrogens is 499 g/mol. The Kier molecular flexibility index (Phi) is 6.43. The minimum absolute atomic E-state index is 0.120. The molecule has 0 aliphatic carbocycles. The number of nitrogens with zero attached hydrogens (tertiary/aromatic N) is 4. The Hall–Kier alpha value is -4.18. The predicted molar refractivity (Wildman–Crippen MR) is 136 cm³/mol. The van der Waals surface area contributed by atoms with Crippen LogP contribution in [-0.4, -0.2) is 25.5 Å². The zero-order valence-electron chi connectivity index (χ0n) is 19.7. The van der Waals surface area contributed by atoms with Crippen LogP contribution in [0.1, 0.15) is 27.2 Å². The first-order valence-electron chi connectivity index (χ1n) is 11.3. The quantitative estimate of drug-likeness (QED) is 0.258. The van der Waals surface area contributed by atoms with Gasteiger partial charge in [0.05, 0.1) is 11.3 Å². The Balaban J connectivity index is 1.47. The monoisotopic (exact) mass is 519 g/mol. The smallest absolute Gasteiger partial charge is 0.321 e. The van der Waals surface area contributed by atoms with Crippen LogP contribution in [0.4, 0.5) is 18.9 Å². The number of amides is 1. The number of nitrogens with one attached hydrogen (secondary N) is 1. The van der Waals surface area contributed by atoms with E-state index in [1.165, 1.54) is 11.8 Å². The number of aromatic nitrogens is 4. The number of hydrogen-bond acceptors (Lipinski definition) is 5. The summed E-state index contributed by atoms with van der Waals surface area (Å²) in [6.07, 6.45) is -4.47. The number of aryl methyl sites for hydroxylation is 1. The standard InChI is InChI=1S/C27H20F3N5OS/c1-16-17(2)31-26-33-23(18-8-4-3-5-9-18)34-35(26)25(16)37-22-11-7-6-10-21(22)32-24(36)19-12-14-20(15-13-19)27(28,29)30/h3-15H,1-2H3,(H,32,36). The van der Waals surface area contributed by atoms with Gasteiger partial charge in [-0.15, -0.1) is 5.10 Å². The average molecular weight is 520 g/mol. The first kappa shape index (κ1) is 24.5. The van der Waals surface area contributed by atoms with E-state index in [1.54, 1.807) is 16.6 Å². The summed E-state index contributed by atoms with van der Waals surface area (Å²) in [7, 11) is 0. The molecule has 3 aromatic carbocycles. The molecule has 2 heterocycles. The Labute approximate surface area is 214 Å². The molecule has 0 saturated carbocycles.